The van der Waals surface area contributed by atoms with Gasteiger partial charge in [0, 0.05) is 6.54 Å². The lowest BCUT2D eigenvalue weighted by Gasteiger charge is -2.14. The molecule has 0 saturated carbocycles. The quantitative estimate of drug-likeness (QED) is 0.603. The average Bonchev–Trinajstić information content (AvgIpc) is 2.35. The Morgan fingerprint density at radius 3 is 2.92 bits per heavy atom. The molecule has 0 aliphatic carbocycles. The number of hydrogen-bond acceptors (Lipinski definition) is 2. The lowest BCUT2D eigenvalue weighted by molar-refractivity contribution is 0.160. The number of carbonyl (C=O) groups is 1. The fourth-order valence-electron chi connectivity index (χ4n) is 1.15. The maximum absolute atomic E-state index is 11.0. The molecule has 0 radical (unpaired) electrons. The van der Waals surface area contributed by atoms with Crippen LogP contribution in [0, 0.1) is 0 Å². The van der Waals surface area contributed by atoms with E-state index in [0.29, 0.717) is 13.2 Å². The third-order valence-corrected chi connectivity index (χ3v) is 1.92. The van der Waals surface area contributed by atoms with Crippen LogP contribution in [-0.4, -0.2) is 30.2 Å². The first-order valence-corrected chi connectivity index (χ1v) is 4.34. The fourth-order valence-corrected chi connectivity index (χ4v) is 1.15. The minimum atomic E-state index is -0.191. The summed E-state index contributed by atoms with van der Waals surface area (Å²) in [4.78, 5) is 12.8. The zero-order valence-corrected chi connectivity index (χ0v) is 7.62. The number of allylic oxidation sites excluding steroid dienone is 1. The molecule has 0 bridgehead atoms. The van der Waals surface area contributed by atoms with Crippen LogP contribution in [0.2, 0.25) is 0 Å². The molecule has 1 fully saturated rings. The molecule has 0 aromatic heterocycles. The maximum atomic E-state index is 11.0. The van der Waals surface area contributed by atoms with Gasteiger partial charge in [0.1, 0.15) is 6.61 Å². The molecule has 1 amide bonds. The Morgan fingerprint density at radius 1 is 1.67 bits per heavy atom. The highest BCUT2D eigenvalue weighted by atomic mass is 16.6. The van der Waals surface area contributed by atoms with E-state index in [-0.39, 0.29) is 12.1 Å². The minimum absolute atomic E-state index is 0.191. The number of ether oxygens (including phenoxy) is 1. The van der Waals surface area contributed by atoms with E-state index in [9.17, 15) is 4.79 Å². The van der Waals surface area contributed by atoms with Crippen molar-refractivity contribution in [2.75, 3.05) is 13.2 Å². The summed E-state index contributed by atoms with van der Waals surface area (Å²) in [6.45, 7) is 5.26. The molecule has 12 heavy (non-hydrogen) atoms. The van der Waals surface area contributed by atoms with Gasteiger partial charge in [-0.25, -0.2) is 4.79 Å². The van der Waals surface area contributed by atoms with Crippen molar-refractivity contribution in [3.63, 3.8) is 0 Å². The Balaban J connectivity index is 2.39. The van der Waals surface area contributed by atoms with Gasteiger partial charge in [-0.3, -0.25) is 4.90 Å². The molecule has 1 aliphatic heterocycles. The first kappa shape index (κ1) is 9.10. The van der Waals surface area contributed by atoms with Gasteiger partial charge in [0.25, 0.3) is 0 Å². The molecule has 1 atom stereocenters. The van der Waals surface area contributed by atoms with E-state index in [1.54, 1.807) is 4.90 Å². The summed E-state index contributed by atoms with van der Waals surface area (Å²) in [5.74, 6) is 0. The highest BCUT2D eigenvalue weighted by Gasteiger charge is 2.27. The van der Waals surface area contributed by atoms with Crippen LogP contribution in [0.5, 0.6) is 0 Å². The summed E-state index contributed by atoms with van der Waals surface area (Å²) < 4.78 is 4.86. The average molecular weight is 169 g/mol. The molecule has 0 aromatic carbocycles. The molecule has 3 heteroatoms. The zero-order valence-electron chi connectivity index (χ0n) is 7.62. The van der Waals surface area contributed by atoms with E-state index in [0.717, 1.165) is 6.42 Å². The second kappa shape index (κ2) is 4.14. The van der Waals surface area contributed by atoms with Crippen molar-refractivity contribution in [2.45, 2.75) is 26.3 Å². The van der Waals surface area contributed by atoms with E-state index in [1.807, 2.05) is 13.0 Å². The summed E-state index contributed by atoms with van der Waals surface area (Å²) >= 11 is 0. The number of nitrogens with zero attached hydrogens (tertiary/aromatic N) is 1. The van der Waals surface area contributed by atoms with Crippen molar-refractivity contribution in [1.82, 2.24) is 4.90 Å². The van der Waals surface area contributed by atoms with Gasteiger partial charge in [-0.2, -0.15) is 0 Å². The highest BCUT2D eigenvalue weighted by molar-refractivity contribution is 5.70. The molecule has 0 N–H and O–H groups in total. The number of rotatable bonds is 3. The summed E-state index contributed by atoms with van der Waals surface area (Å²) in [6.07, 6.45) is 4.88. The second-order valence-corrected chi connectivity index (χ2v) is 2.96. The number of carbonyl (C=O) groups excluding carboxylic acids is 1. The first-order valence-electron chi connectivity index (χ1n) is 4.34. The molecular formula is C9H15NO2. The largest absolute Gasteiger partial charge is 0.447 e. The predicted molar refractivity (Wildman–Crippen MR) is 46.9 cm³/mol. The van der Waals surface area contributed by atoms with Crippen molar-refractivity contribution in [1.29, 1.82) is 0 Å². The molecule has 1 unspecified atom stereocenters. The molecule has 0 spiro atoms. The Labute approximate surface area is 73.0 Å². The normalized spacial score (nSPS) is 23.7. The summed E-state index contributed by atoms with van der Waals surface area (Å²) in [5.41, 5.74) is 0. The standard InChI is InChI=1S/C9H15NO2/c1-3-4-5-6-10-8(2)7-12-9(10)11/h4-5,8H,3,6-7H2,1-2H3/b5-4-. The molecule has 68 valence electrons. The summed E-state index contributed by atoms with van der Waals surface area (Å²) in [5, 5.41) is 0. The van der Waals surface area contributed by atoms with Crippen LogP contribution in [0.15, 0.2) is 12.2 Å². The Kier molecular flexibility index (Phi) is 3.14. The fraction of sp³-hybridized carbons (Fsp3) is 0.667. The Morgan fingerprint density at radius 2 is 2.42 bits per heavy atom. The van der Waals surface area contributed by atoms with Crippen LogP contribution in [0.25, 0.3) is 0 Å². The van der Waals surface area contributed by atoms with E-state index >= 15 is 0 Å². The molecule has 1 heterocycles. The molecule has 3 nitrogen and oxygen atoms in total. The van der Waals surface area contributed by atoms with E-state index in [4.69, 9.17) is 4.74 Å². The predicted octanol–water partition coefficient (Wildman–Crippen LogP) is 1.79. The first-order chi connectivity index (χ1) is 5.75. The number of cyclic esters (lactones) is 1. The van der Waals surface area contributed by atoms with Gasteiger partial charge in [0.2, 0.25) is 0 Å². The summed E-state index contributed by atoms with van der Waals surface area (Å²) in [6, 6.07) is 0.221. The van der Waals surface area contributed by atoms with E-state index in [2.05, 4.69) is 13.0 Å². The SMILES string of the molecule is CC/C=C\CN1C(=O)OCC1C. The minimum Gasteiger partial charge on any atom is -0.447 e. The maximum Gasteiger partial charge on any atom is 0.410 e. The van der Waals surface area contributed by atoms with Gasteiger partial charge >= 0.3 is 6.09 Å². The van der Waals surface area contributed by atoms with Crippen LogP contribution in [0.3, 0.4) is 0 Å². The van der Waals surface area contributed by atoms with Crippen LogP contribution in [0.4, 0.5) is 4.79 Å². The molecular weight excluding hydrogens is 154 g/mol. The Bertz CT molecular complexity index is 189. The van der Waals surface area contributed by atoms with Crippen molar-refractivity contribution in [2.24, 2.45) is 0 Å². The van der Waals surface area contributed by atoms with Gasteiger partial charge in [0.05, 0.1) is 6.04 Å². The molecule has 1 saturated heterocycles. The number of amides is 1. The smallest absolute Gasteiger partial charge is 0.410 e. The van der Waals surface area contributed by atoms with Gasteiger partial charge in [-0.1, -0.05) is 19.1 Å². The van der Waals surface area contributed by atoms with Crippen LogP contribution in [0.1, 0.15) is 20.3 Å². The van der Waals surface area contributed by atoms with Gasteiger partial charge in [-0.05, 0) is 13.3 Å². The molecule has 0 aromatic rings. The van der Waals surface area contributed by atoms with Crippen molar-refractivity contribution < 1.29 is 9.53 Å². The molecule has 1 rings (SSSR count). The van der Waals surface area contributed by atoms with Gasteiger partial charge in [-0.15, -0.1) is 0 Å². The molecule has 1 aliphatic rings. The highest BCUT2D eigenvalue weighted by Crippen LogP contribution is 2.10. The van der Waals surface area contributed by atoms with Crippen molar-refractivity contribution in [3.05, 3.63) is 12.2 Å². The van der Waals surface area contributed by atoms with Crippen LogP contribution < -0.4 is 0 Å². The monoisotopic (exact) mass is 169 g/mol. The topological polar surface area (TPSA) is 29.5 Å². The van der Waals surface area contributed by atoms with Gasteiger partial charge in [0.15, 0.2) is 0 Å². The lowest BCUT2D eigenvalue weighted by Crippen LogP contribution is -2.31. The van der Waals surface area contributed by atoms with Gasteiger partial charge < -0.3 is 4.74 Å². The zero-order chi connectivity index (χ0) is 8.97. The number of hydrogen-bond donors (Lipinski definition) is 0. The van der Waals surface area contributed by atoms with Crippen LogP contribution in [-0.2, 0) is 4.74 Å². The third-order valence-electron chi connectivity index (χ3n) is 1.92. The van der Waals surface area contributed by atoms with Crippen molar-refractivity contribution in [3.8, 4) is 0 Å². The third kappa shape index (κ3) is 2.00. The van der Waals surface area contributed by atoms with E-state index < -0.39 is 0 Å². The van der Waals surface area contributed by atoms with Crippen molar-refractivity contribution >= 4 is 6.09 Å². The second-order valence-electron chi connectivity index (χ2n) is 2.96. The van der Waals surface area contributed by atoms with Crippen LogP contribution >= 0.6 is 0 Å². The summed E-state index contributed by atoms with van der Waals surface area (Å²) in [7, 11) is 0. The lowest BCUT2D eigenvalue weighted by atomic mass is 10.3. The van der Waals surface area contributed by atoms with E-state index in [1.165, 1.54) is 0 Å². The Hall–Kier alpha value is -0.990.